The van der Waals surface area contributed by atoms with Gasteiger partial charge in [-0.25, -0.2) is 0 Å². The van der Waals surface area contributed by atoms with Crippen molar-refractivity contribution >= 4 is 12.7 Å². The molecule has 0 bridgehead atoms. The van der Waals surface area contributed by atoms with E-state index in [0.717, 1.165) is 22.9 Å². The van der Waals surface area contributed by atoms with Gasteiger partial charge in [0.15, 0.2) is 0 Å². The van der Waals surface area contributed by atoms with Gasteiger partial charge in [-0.3, -0.25) is 0 Å². The van der Waals surface area contributed by atoms with Crippen LogP contribution in [0.1, 0.15) is 18.1 Å². The van der Waals surface area contributed by atoms with Gasteiger partial charge in [0.05, 0.1) is 0 Å². The minimum absolute atomic E-state index is 0.0308. The predicted octanol–water partition coefficient (Wildman–Crippen LogP) is 4.94. The van der Waals surface area contributed by atoms with Gasteiger partial charge in [-0.1, -0.05) is 0 Å². The Balaban J connectivity index is 1.65. The summed E-state index contributed by atoms with van der Waals surface area (Å²) >= 11 is 0. The molecule has 149 valence electrons. The third-order valence-electron chi connectivity index (χ3n) is 4.12. The molecule has 4 heteroatoms. The van der Waals surface area contributed by atoms with Crippen LogP contribution in [-0.4, -0.2) is 26.5 Å². The van der Waals surface area contributed by atoms with Crippen LogP contribution in [0, 0.1) is 6.92 Å². The molecular weight excluding hydrogens is 590 g/mol. The molecule has 0 aliphatic carbocycles. The van der Waals surface area contributed by atoms with Crippen molar-refractivity contribution in [3.05, 3.63) is 83.9 Å². The number of hydrogen-bond acceptors (Lipinski definition) is 2. The first-order valence-corrected chi connectivity index (χ1v) is 11.9. The van der Waals surface area contributed by atoms with Crippen LogP contribution in [0.25, 0.3) is 11.1 Å². The SMILES string of the molecule is CCOCCOc1ccc(-c2ccc([C](F)=[Cf][c]3ccc(C)cc3)cc2)cc1. The number of halogens is 1. The summed E-state index contributed by atoms with van der Waals surface area (Å²) in [5.74, 6) is 0.823. The third kappa shape index (κ3) is 5.12. The summed E-state index contributed by atoms with van der Waals surface area (Å²) in [5.41, 5.74) is 4.04. The van der Waals surface area contributed by atoms with Crippen LogP contribution in [0.4, 0.5) is 4.39 Å². The second-order valence-electron chi connectivity index (χ2n) is 6.22. The van der Waals surface area contributed by atoms with E-state index in [1.807, 2.05) is 86.6 Å². The van der Waals surface area contributed by atoms with E-state index >= 15 is 0 Å². The Bertz CT molecular complexity index is 901. The molecule has 0 heterocycles. The van der Waals surface area contributed by atoms with E-state index in [-0.39, 0.29) is 6.67 Å². The Labute approximate surface area is 161 Å². The molecule has 0 spiro atoms. The van der Waals surface area contributed by atoms with Crippen LogP contribution in [-0.2, 0) is 4.74 Å². The fraction of sp³-hybridized carbons (Fsp3) is 0.208. The Morgan fingerprint density at radius 1 is 0.821 bits per heavy atom. The molecule has 3 aromatic carbocycles. The summed E-state index contributed by atoms with van der Waals surface area (Å²) in [6.45, 7) is 5.88. The number of benzene rings is 3. The second-order valence-corrected chi connectivity index (χ2v) is 9.55. The summed E-state index contributed by atoms with van der Waals surface area (Å²) < 4.78 is 24.4. The Morgan fingerprint density at radius 3 is 2.04 bits per heavy atom. The molecule has 0 N–H and O–H groups in total. The molecule has 0 saturated carbocycles. The number of rotatable bonds is 8. The van der Waals surface area contributed by atoms with Gasteiger partial charge < -0.3 is 4.74 Å². The zero-order valence-electron chi connectivity index (χ0n) is 16.1. The topological polar surface area (TPSA) is 18.5 Å². The van der Waals surface area contributed by atoms with Crippen molar-refractivity contribution in [1.29, 1.82) is 0 Å². The molecule has 0 aliphatic rings. The van der Waals surface area contributed by atoms with E-state index in [1.165, 1.54) is 5.56 Å². The normalized spacial score (nSPS) is 11.2. The van der Waals surface area contributed by atoms with Gasteiger partial charge >= 0.3 is 143 Å². The number of aryl methyl sites for hydroxylation is 1. The summed E-state index contributed by atoms with van der Waals surface area (Å²) in [6, 6.07) is 24.9. The van der Waals surface area contributed by atoms with Gasteiger partial charge in [0.2, 0.25) is 0 Å². The van der Waals surface area contributed by atoms with Crippen molar-refractivity contribution in [2.45, 2.75) is 13.8 Å². The quantitative estimate of drug-likeness (QED) is 0.335. The van der Waals surface area contributed by atoms with Crippen molar-refractivity contribution in [3.8, 4) is 16.9 Å². The molecule has 28 heavy (non-hydrogen) atoms. The van der Waals surface area contributed by atoms with Crippen molar-refractivity contribution < 1.29 is 13.9 Å². The predicted molar refractivity (Wildman–Crippen MR) is 110 cm³/mol. The Morgan fingerprint density at radius 2 is 1.43 bits per heavy atom. The van der Waals surface area contributed by atoms with E-state index in [9.17, 15) is 4.39 Å². The zero-order valence-corrected chi connectivity index (χ0v) is 18.7. The first-order valence-electron chi connectivity index (χ1n) is 9.25. The summed E-state index contributed by atoms with van der Waals surface area (Å²) in [6.07, 6.45) is 0. The van der Waals surface area contributed by atoms with E-state index in [0.29, 0.717) is 25.4 Å². The molecule has 0 saturated heterocycles. The van der Waals surface area contributed by atoms with Crippen LogP contribution in [0.2, 0.25) is 0 Å². The minimum atomic E-state index is -1.16. The van der Waals surface area contributed by atoms with Gasteiger partial charge in [0, 0.05) is 6.61 Å². The second kappa shape index (κ2) is 9.24. The Kier molecular flexibility index (Phi) is 6.27. The molecule has 0 unspecified atom stereocenters. The Hall–Kier alpha value is -3.78. The van der Waals surface area contributed by atoms with E-state index < -0.39 is 0 Å². The monoisotopic (exact) mass is 612 g/mol. The molecule has 0 amide bonds. The summed E-state index contributed by atoms with van der Waals surface area (Å²) in [7, 11) is 0. The maximum atomic E-state index is 14.6. The molecule has 0 aliphatic heterocycles. The molecule has 3 aromatic rings. The van der Waals surface area contributed by atoms with Crippen molar-refractivity contribution in [2.75, 3.05) is 19.8 Å². The zero-order chi connectivity index (χ0) is 19.8. The molecule has 0 fully saturated rings. The van der Waals surface area contributed by atoms with Crippen molar-refractivity contribution in [3.63, 3.8) is 0 Å². The van der Waals surface area contributed by atoms with Gasteiger partial charge in [-0.05, 0) is 6.92 Å². The molecule has 2 nitrogen and oxygen atoms in total. The van der Waals surface area contributed by atoms with E-state index in [4.69, 9.17) is 9.47 Å². The molecular formula is C24H24CfFO2. The first kappa shape index (κ1) is 19.0. The van der Waals surface area contributed by atoms with Crippen LogP contribution >= 0.6 is 0 Å². The van der Waals surface area contributed by atoms with Crippen LogP contribution in [0.3, 0.4) is 0 Å². The van der Waals surface area contributed by atoms with Crippen LogP contribution < -0.4 is 10.8 Å². The van der Waals surface area contributed by atoms with E-state index in [1.54, 1.807) is 0 Å². The fourth-order valence-corrected chi connectivity index (χ4v) is 4.95. The fourth-order valence-electron chi connectivity index (χ4n) is 2.59. The van der Waals surface area contributed by atoms with Gasteiger partial charge in [0.1, 0.15) is 0 Å². The number of ether oxygens (including phenoxy) is 2. The van der Waals surface area contributed by atoms with Crippen molar-refractivity contribution in [1.82, 2.24) is 0 Å². The van der Waals surface area contributed by atoms with Crippen LogP contribution in [0.5, 0.6) is 5.75 Å². The average Bonchev–Trinajstić information content (AvgIpc) is 2.73. The average molecular weight is 614 g/mol. The molecule has 0 aromatic heterocycles. The van der Waals surface area contributed by atoms with Gasteiger partial charge in [-0.15, -0.1) is 0 Å². The maximum absolute atomic E-state index is 14.6. The number of hydrogen-bond donors (Lipinski definition) is 0. The van der Waals surface area contributed by atoms with Gasteiger partial charge in [0.25, 0.3) is 0 Å². The van der Waals surface area contributed by atoms with Crippen LogP contribution in [0.15, 0.2) is 72.8 Å². The summed E-state index contributed by atoms with van der Waals surface area (Å²) in [5, 5.41) is 0. The molecule has 0 atom stereocenters. The first-order chi connectivity index (χ1) is 13.7. The summed E-state index contributed by atoms with van der Waals surface area (Å²) in [4.78, 5) is 0. The standard InChI is InChI=1S/C17H17FO2.C7H7.Cf/c1-2-19-11-12-20-17-9-7-16(8-10-17)15-5-3-14(13-18)4-6-15;1-7-5-3-2-4-6-7;/h3-10H,2,11-12H2,1H3;3-6H,1H3;. The van der Waals surface area contributed by atoms with Gasteiger partial charge in [-0.2, -0.15) is 0 Å². The third-order valence-corrected chi connectivity index (χ3v) is 7.10. The molecule has 3 rings (SSSR count). The van der Waals surface area contributed by atoms with Crippen molar-refractivity contribution in [2.24, 2.45) is 0 Å². The molecule has 0 radical (unpaired) electrons. The van der Waals surface area contributed by atoms with E-state index in [2.05, 4.69) is 0 Å².